The van der Waals surface area contributed by atoms with Gasteiger partial charge in [0.1, 0.15) is 12.6 Å². The molecule has 174 valence electrons. The van der Waals surface area contributed by atoms with Crippen molar-refractivity contribution in [1.82, 2.24) is 14.5 Å². The molecule has 2 amide bonds. The molecule has 8 nitrogen and oxygen atoms in total. The van der Waals surface area contributed by atoms with Crippen LogP contribution in [0.25, 0.3) is 0 Å². The number of carbonyl (C=O) groups excluding carboxylic acids is 2. The second kappa shape index (κ2) is 10.6. The van der Waals surface area contributed by atoms with E-state index < -0.39 is 28.7 Å². The third kappa shape index (κ3) is 5.86. The van der Waals surface area contributed by atoms with Crippen LogP contribution < -0.4 is 9.62 Å². The van der Waals surface area contributed by atoms with Gasteiger partial charge in [-0.15, -0.1) is 0 Å². The molecule has 0 saturated heterocycles. The Balaban J connectivity index is 2.49. The van der Waals surface area contributed by atoms with E-state index in [4.69, 9.17) is 0 Å². The highest BCUT2D eigenvalue weighted by Crippen LogP contribution is 2.26. The van der Waals surface area contributed by atoms with Gasteiger partial charge in [0.25, 0.3) is 0 Å². The molecule has 0 fully saturated rings. The summed E-state index contributed by atoms with van der Waals surface area (Å²) in [5, 5.41) is 2.56. The SMILES string of the molecule is CNC(=O)C(C)N(Cc1ccccc1)C(=O)CN(c1cc(C)ccc1C)S(=O)(=O)N(C)C. The maximum Gasteiger partial charge on any atom is 0.304 e. The molecular weight excluding hydrogens is 428 g/mol. The Bertz CT molecular complexity index is 1050. The Labute approximate surface area is 191 Å². The van der Waals surface area contributed by atoms with Gasteiger partial charge in [-0.2, -0.15) is 12.7 Å². The van der Waals surface area contributed by atoms with Gasteiger partial charge in [-0.05, 0) is 43.5 Å². The summed E-state index contributed by atoms with van der Waals surface area (Å²) >= 11 is 0. The number of aryl methyl sites for hydroxylation is 2. The summed E-state index contributed by atoms with van der Waals surface area (Å²) < 4.78 is 28.5. The van der Waals surface area contributed by atoms with Gasteiger partial charge >= 0.3 is 10.2 Å². The standard InChI is InChI=1S/C23H32N4O4S/c1-17-12-13-18(2)21(14-17)27(32(30,31)25(5)6)16-22(28)26(19(3)23(29)24-4)15-20-10-8-7-9-11-20/h7-14,19H,15-16H2,1-6H3,(H,24,29). The van der Waals surface area contributed by atoms with Crippen LogP contribution in [-0.2, 0) is 26.3 Å². The van der Waals surface area contributed by atoms with Crippen molar-refractivity contribution >= 4 is 27.7 Å². The number of amides is 2. The number of anilines is 1. The minimum Gasteiger partial charge on any atom is -0.357 e. The lowest BCUT2D eigenvalue weighted by molar-refractivity contribution is -0.139. The van der Waals surface area contributed by atoms with Gasteiger partial charge in [-0.3, -0.25) is 9.59 Å². The summed E-state index contributed by atoms with van der Waals surface area (Å²) in [5.74, 6) is -0.806. The molecule has 1 atom stereocenters. The van der Waals surface area contributed by atoms with Gasteiger partial charge in [0.2, 0.25) is 11.8 Å². The Hall–Kier alpha value is -2.91. The van der Waals surface area contributed by atoms with Gasteiger partial charge in [0, 0.05) is 27.7 Å². The van der Waals surface area contributed by atoms with E-state index in [9.17, 15) is 18.0 Å². The van der Waals surface area contributed by atoms with Crippen molar-refractivity contribution in [2.75, 3.05) is 32.0 Å². The van der Waals surface area contributed by atoms with Crippen molar-refractivity contribution in [1.29, 1.82) is 0 Å². The number of nitrogens with zero attached hydrogens (tertiary/aromatic N) is 3. The number of likely N-dealkylation sites (N-methyl/N-ethyl adjacent to an activating group) is 1. The highest BCUT2D eigenvalue weighted by atomic mass is 32.2. The Kier molecular flexibility index (Phi) is 8.40. The smallest absolute Gasteiger partial charge is 0.304 e. The third-order valence-corrected chi connectivity index (χ3v) is 7.07. The van der Waals surface area contributed by atoms with Crippen molar-refractivity contribution in [3.05, 3.63) is 65.2 Å². The van der Waals surface area contributed by atoms with Gasteiger partial charge in [0.05, 0.1) is 5.69 Å². The maximum absolute atomic E-state index is 13.5. The lowest BCUT2D eigenvalue weighted by Crippen LogP contribution is -2.52. The fourth-order valence-corrected chi connectivity index (χ4v) is 4.37. The molecule has 0 radical (unpaired) electrons. The first kappa shape index (κ1) is 25.4. The maximum atomic E-state index is 13.5. The quantitative estimate of drug-likeness (QED) is 0.620. The van der Waals surface area contributed by atoms with Gasteiger partial charge < -0.3 is 10.2 Å². The van der Waals surface area contributed by atoms with E-state index in [0.717, 1.165) is 25.3 Å². The molecule has 0 heterocycles. The molecular formula is C23H32N4O4S. The van der Waals surface area contributed by atoms with Crippen LogP contribution in [0.5, 0.6) is 0 Å². The van der Waals surface area contributed by atoms with Crippen molar-refractivity contribution in [3.8, 4) is 0 Å². The topological polar surface area (TPSA) is 90.0 Å². The van der Waals surface area contributed by atoms with Crippen LogP contribution in [0.4, 0.5) is 5.69 Å². The molecule has 0 bridgehead atoms. The average molecular weight is 461 g/mol. The third-order valence-electron chi connectivity index (χ3n) is 5.26. The number of hydrogen-bond acceptors (Lipinski definition) is 4. The molecule has 0 spiro atoms. The van der Waals surface area contributed by atoms with E-state index in [2.05, 4.69) is 5.32 Å². The minimum atomic E-state index is -3.97. The van der Waals surface area contributed by atoms with E-state index in [1.54, 1.807) is 19.9 Å². The lowest BCUT2D eigenvalue weighted by atomic mass is 10.1. The highest BCUT2D eigenvalue weighted by Gasteiger charge is 2.33. The van der Waals surface area contributed by atoms with E-state index in [0.29, 0.717) is 5.69 Å². The fraction of sp³-hybridized carbons (Fsp3) is 0.391. The molecule has 0 aliphatic heterocycles. The van der Waals surface area contributed by atoms with E-state index in [1.165, 1.54) is 26.0 Å². The largest absolute Gasteiger partial charge is 0.357 e. The van der Waals surface area contributed by atoms with Crippen molar-refractivity contribution in [2.24, 2.45) is 0 Å². The Morgan fingerprint density at radius 2 is 1.66 bits per heavy atom. The average Bonchev–Trinajstić information content (AvgIpc) is 2.76. The summed E-state index contributed by atoms with van der Waals surface area (Å²) in [7, 11) is 0.384. The Morgan fingerprint density at radius 1 is 1.03 bits per heavy atom. The number of rotatable bonds is 9. The van der Waals surface area contributed by atoms with E-state index in [1.807, 2.05) is 49.4 Å². The zero-order valence-electron chi connectivity index (χ0n) is 19.5. The molecule has 1 N–H and O–H groups in total. The predicted molar refractivity (Wildman–Crippen MR) is 126 cm³/mol. The normalized spacial score (nSPS) is 12.3. The van der Waals surface area contributed by atoms with Crippen LogP contribution in [0.1, 0.15) is 23.6 Å². The number of carbonyl (C=O) groups is 2. The summed E-state index contributed by atoms with van der Waals surface area (Å²) in [5.41, 5.74) is 2.87. The summed E-state index contributed by atoms with van der Waals surface area (Å²) in [6.45, 7) is 5.03. The number of hydrogen-bond donors (Lipinski definition) is 1. The van der Waals surface area contributed by atoms with Gasteiger partial charge in [-0.1, -0.05) is 42.5 Å². The summed E-state index contributed by atoms with van der Waals surface area (Å²) in [4.78, 5) is 27.2. The van der Waals surface area contributed by atoms with Crippen LogP contribution in [0.3, 0.4) is 0 Å². The molecule has 9 heteroatoms. The van der Waals surface area contributed by atoms with Crippen LogP contribution in [0, 0.1) is 13.8 Å². The first-order valence-corrected chi connectivity index (χ1v) is 11.7. The molecule has 0 saturated carbocycles. The van der Waals surface area contributed by atoms with E-state index >= 15 is 0 Å². The van der Waals surface area contributed by atoms with E-state index in [-0.39, 0.29) is 12.5 Å². The van der Waals surface area contributed by atoms with Crippen molar-refractivity contribution < 1.29 is 18.0 Å². The minimum absolute atomic E-state index is 0.177. The summed E-state index contributed by atoms with van der Waals surface area (Å²) in [6.07, 6.45) is 0. The molecule has 2 aromatic rings. The van der Waals surface area contributed by atoms with Crippen molar-refractivity contribution in [3.63, 3.8) is 0 Å². The van der Waals surface area contributed by atoms with Gasteiger partial charge in [0.15, 0.2) is 0 Å². The number of benzene rings is 2. The molecule has 0 aliphatic carbocycles. The first-order chi connectivity index (χ1) is 15.0. The van der Waals surface area contributed by atoms with Crippen LogP contribution in [-0.4, -0.2) is 63.2 Å². The van der Waals surface area contributed by atoms with Crippen LogP contribution >= 0.6 is 0 Å². The highest BCUT2D eigenvalue weighted by molar-refractivity contribution is 7.90. The first-order valence-electron chi connectivity index (χ1n) is 10.3. The number of nitrogens with one attached hydrogen (secondary N) is 1. The molecule has 1 unspecified atom stereocenters. The van der Waals surface area contributed by atoms with Crippen molar-refractivity contribution in [2.45, 2.75) is 33.4 Å². The zero-order chi connectivity index (χ0) is 24.1. The fourth-order valence-electron chi connectivity index (χ4n) is 3.26. The molecule has 2 aromatic carbocycles. The molecule has 0 aliphatic rings. The predicted octanol–water partition coefficient (Wildman–Crippen LogP) is 2.08. The van der Waals surface area contributed by atoms with Gasteiger partial charge in [-0.25, -0.2) is 4.31 Å². The molecule has 2 rings (SSSR count). The van der Waals surface area contributed by atoms with Crippen LogP contribution in [0.15, 0.2) is 48.5 Å². The second-order valence-electron chi connectivity index (χ2n) is 7.88. The summed E-state index contributed by atoms with van der Waals surface area (Å²) in [6, 6.07) is 13.9. The Morgan fingerprint density at radius 3 is 2.22 bits per heavy atom. The molecule has 0 aromatic heterocycles. The molecule has 32 heavy (non-hydrogen) atoms. The second-order valence-corrected chi connectivity index (χ2v) is 9.95. The lowest BCUT2D eigenvalue weighted by Gasteiger charge is -2.33. The monoisotopic (exact) mass is 460 g/mol. The zero-order valence-corrected chi connectivity index (χ0v) is 20.3. The van der Waals surface area contributed by atoms with Crippen LogP contribution in [0.2, 0.25) is 0 Å².